The van der Waals surface area contributed by atoms with E-state index in [0.29, 0.717) is 23.4 Å². The summed E-state index contributed by atoms with van der Waals surface area (Å²) < 4.78 is 4.93. The molecule has 0 radical (unpaired) electrons. The Morgan fingerprint density at radius 1 is 1.08 bits per heavy atom. The Morgan fingerprint density at radius 3 is 2.40 bits per heavy atom. The van der Waals surface area contributed by atoms with Crippen LogP contribution in [0.25, 0.3) is 6.08 Å². The van der Waals surface area contributed by atoms with Crippen molar-refractivity contribution in [3.8, 4) is 0 Å². The molecular formula is C20H17NO4. The summed E-state index contributed by atoms with van der Waals surface area (Å²) in [7, 11) is 0. The topological polar surface area (TPSA) is 63.7 Å². The van der Waals surface area contributed by atoms with Crippen LogP contribution in [0.4, 0.5) is 5.69 Å². The van der Waals surface area contributed by atoms with E-state index in [2.05, 4.69) is 0 Å². The number of carbonyl (C=O) groups excluding carboxylic acids is 3. The Kier molecular flexibility index (Phi) is 4.75. The number of Topliss-reactive ketones (excluding diaryl/α,β-unsaturated/α-hetero) is 1. The van der Waals surface area contributed by atoms with E-state index < -0.39 is 17.7 Å². The summed E-state index contributed by atoms with van der Waals surface area (Å²) in [6.07, 6.45) is 1.73. The van der Waals surface area contributed by atoms with Gasteiger partial charge in [-0.25, -0.2) is 4.79 Å². The van der Waals surface area contributed by atoms with E-state index in [9.17, 15) is 14.4 Å². The standard InChI is InChI=1S/C20H17NO4/c1-2-25-20(24)15-8-10-17(11-9-15)21-13-16(18(22)19(21)23)12-14-6-4-3-5-7-14/h3-12H,2,13H2,1H3/b16-12+. The molecule has 0 N–H and O–H groups in total. The molecule has 25 heavy (non-hydrogen) atoms. The lowest BCUT2D eigenvalue weighted by Gasteiger charge is -2.14. The second kappa shape index (κ2) is 7.13. The number of hydrogen-bond donors (Lipinski definition) is 0. The largest absolute Gasteiger partial charge is 0.462 e. The van der Waals surface area contributed by atoms with E-state index in [1.807, 2.05) is 30.3 Å². The lowest BCUT2D eigenvalue weighted by atomic mass is 10.1. The van der Waals surface area contributed by atoms with Crippen LogP contribution in [-0.4, -0.2) is 30.8 Å². The van der Waals surface area contributed by atoms with Crippen molar-refractivity contribution in [2.24, 2.45) is 0 Å². The molecule has 1 aliphatic rings. The molecular weight excluding hydrogens is 318 g/mol. The van der Waals surface area contributed by atoms with Crippen LogP contribution in [0.15, 0.2) is 60.2 Å². The van der Waals surface area contributed by atoms with Gasteiger partial charge in [-0.3, -0.25) is 9.59 Å². The van der Waals surface area contributed by atoms with Crippen molar-refractivity contribution in [3.63, 3.8) is 0 Å². The number of hydrogen-bond acceptors (Lipinski definition) is 4. The Labute approximate surface area is 145 Å². The van der Waals surface area contributed by atoms with Crippen LogP contribution >= 0.6 is 0 Å². The molecule has 126 valence electrons. The molecule has 3 rings (SSSR count). The minimum Gasteiger partial charge on any atom is -0.462 e. The highest BCUT2D eigenvalue weighted by Crippen LogP contribution is 2.24. The van der Waals surface area contributed by atoms with Gasteiger partial charge in [0.15, 0.2) is 0 Å². The first kappa shape index (κ1) is 16.6. The third-order valence-corrected chi connectivity index (χ3v) is 3.89. The highest BCUT2D eigenvalue weighted by atomic mass is 16.5. The normalized spacial score (nSPS) is 15.7. The molecule has 1 amide bonds. The third kappa shape index (κ3) is 3.50. The van der Waals surface area contributed by atoms with Crippen LogP contribution in [0, 0.1) is 0 Å². The molecule has 1 fully saturated rings. The lowest BCUT2D eigenvalue weighted by Crippen LogP contribution is -2.26. The molecule has 0 aromatic heterocycles. The van der Waals surface area contributed by atoms with Crippen molar-refractivity contribution in [3.05, 3.63) is 71.3 Å². The lowest BCUT2D eigenvalue weighted by molar-refractivity contribution is -0.132. The number of esters is 1. The van der Waals surface area contributed by atoms with Gasteiger partial charge in [0.25, 0.3) is 5.91 Å². The predicted octanol–water partition coefficient (Wildman–Crippen LogP) is 2.86. The molecule has 0 saturated carbocycles. The van der Waals surface area contributed by atoms with Crippen molar-refractivity contribution in [2.45, 2.75) is 6.92 Å². The van der Waals surface area contributed by atoms with E-state index in [1.165, 1.54) is 4.90 Å². The number of rotatable bonds is 4. The molecule has 0 unspecified atom stereocenters. The summed E-state index contributed by atoms with van der Waals surface area (Å²) in [5.41, 5.74) is 2.30. The first-order chi connectivity index (χ1) is 12.1. The van der Waals surface area contributed by atoms with Gasteiger partial charge in [0.2, 0.25) is 5.78 Å². The molecule has 1 aliphatic heterocycles. The zero-order valence-electron chi connectivity index (χ0n) is 13.8. The Morgan fingerprint density at radius 2 is 1.76 bits per heavy atom. The fourth-order valence-corrected chi connectivity index (χ4v) is 2.64. The average Bonchev–Trinajstić information content (AvgIpc) is 2.91. The van der Waals surface area contributed by atoms with Gasteiger partial charge in [-0.2, -0.15) is 0 Å². The summed E-state index contributed by atoms with van der Waals surface area (Å²) in [5.74, 6) is -1.48. The summed E-state index contributed by atoms with van der Waals surface area (Å²) in [5, 5.41) is 0. The fraction of sp³-hybridized carbons (Fsp3) is 0.150. The Hall–Kier alpha value is -3.21. The fourth-order valence-electron chi connectivity index (χ4n) is 2.64. The van der Waals surface area contributed by atoms with E-state index in [1.54, 1.807) is 37.3 Å². The highest BCUT2D eigenvalue weighted by molar-refractivity contribution is 6.51. The third-order valence-electron chi connectivity index (χ3n) is 3.89. The van der Waals surface area contributed by atoms with Crippen LogP contribution in [0.2, 0.25) is 0 Å². The number of ether oxygens (including phenoxy) is 1. The SMILES string of the molecule is CCOC(=O)c1ccc(N2C/C(=C\c3ccccc3)C(=O)C2=O)cc1. The molecule has 1 saturated heterocycles. The van der Waals surface area contributed by atoms with Gasteiger partial charge in [-0.15, -0.1) is 0 Å². The predicted molar refractivity (Wildman–Crippen MR) is 94.2 cm³/mol. The molecule has 1 heterocycles. The molecule has 0 aliphatic carbocycles. The van der Waals surface area contributed by atoms with Crippen LogP contribution in [-0.2, 0) is 14.3 Å². The monoisotopic (exact) mass is 335 g/mol. The van der Waals surface area contributed by atoms with E-state index in [4.69, 9.17) is 4.74 Å². The Bertz CT molecular complexity index is 838. The zero-order valence-corrected chi connectivity index (χ0v) is 13.8. The van der Waals surface area contributed by atoms with Gasteiger partial charge in [0, 0.05) is 11.3 Å². The van der Waals surface area contributed by atoms with Crippen LogP contribution in [0.3, 0.4) is 0 Å². The maximum atomic E-state index is 12.3. The summed E-state index contributed by atoms with van der Waals surface area (Å²) >= 11 is 0. The number of anilines is 1. The number of benzene rings is 2. The first-order valence-electron chi connectivity index (χ1n) is 7.99. The molecule has 5 heteroatoms. The van der Waals surface area contributed by atoms with Crippen LogP contribution in [0.1, 0.15) is 22.8 Å². The van der Waals surface area contributed by atoms with Crippen molar-refractivity contribution in [2.75, 3.05) is 18.1 Å². The molecule has 5 nitrogen and oxygen atoms in total. The van der Waals surface area contributed by atoms with Crippen molar-refractivity contribution in [1.29, 1.82) is 0 Å². The number of nitrogens with zero attached hydrogens (tertiary/aromatic N) is 1. The highest BCUT2D eigenvalue weighted by Gasteiger charge is 2.35. The van der Waals surface area contributed by atoms with Crippen molar-refractivity contribution < 1.29 is 19.1 Å². The van der Waals surface area contributed by atoms with Gasteiger partial charge < -0.3 is 9.64 Å². The van der Waals surface area contributed by atoms with Crippen LogP contribution in [0.5, 0.6) is 0 Å². The van der Waals surface area contributed by atoms with Gasteiger partial charge in [-0.05, 0) is 42.8 Å². The number of ketones is 1. The van der Waals surface area contributed by atoms with Crippen molar-refractivity contribution in [1.82, 2.24) is 0 Å². The van der Waals surface area contributed by atoms with Gasteiger partial charge in [-0.1, -0.05) is 30.3 Å². The van der Waals surface area contributed by atoms with E-state index in [-0.39, 0.29) is 6.54 Å². The average molecular weight is 335 g/mol. The van der Waals surface area contributed by atoms with E-state index in [0.717, 1.165) is 5.56 Å². The second-order valence-corrected chi connectivity index (χ2v) is 5.57. The molecule has 0 atom stereocenters. The maximum Gasteiger partial charge on any atom is 0.338 e. The van der Waals surface area contributed by atoms with Gasteiger partial charge in [0.05, 0.1) is 18.7 Å². The number of amides is 1. The molecule has 0 spiro atoms. The smallest absolute Gasteiger partial charge is 0.338 e. The minimum absolute atomic E-state index is 0.214. The minimum atomic E-state index is -0.564. The maximum absolute atomic E-state index is 12.3. The zero-order chi connectivity index (χ0) is 17.8. The van der Waals surface area contributed by atoms with Crippen LogP contribution < -0.4 is 4.90 Å². The molecule has 0 bridgehead atoms. The number of carbonyl (C=O) groups is 3. The Balaban J connectivity index is 1.82. The van der Waals surface area contributed by atoms with Gasteiger partial charge in [0.1, 0.15) is 0 Å². The summed E-state index contributed by atoms with van der Waals surface area (Å²) in [6, 6.07) is 15.9. The first-order valence-corrected chi connectivity index (χ1v) is 7.99. The van der Waals surface area contributed by atoms with Crippen molar-refractivity contribution >= 4 is 29.4 Å². The molecule has 2 aromatic rings. The quantitative estimate of drug-likeness (QED) is 0.490. The van der Waals surface area contributed by atoms with Gasteiger partial charge >= 0.3 is 5.97 Å². The van der Waals surface area contributed by atoms with E-state index >= 15 is 0 Å². The molecule has 2 aromatic carbocycles. The summed E-state index contributed by atoms with van der Waals surface area (Å²) in [6.45, 7) is 2.25. The second-order valence-electron chi connectivity index (χ2n) is 5.57. The summed E-state index contributed by atoms with van der Waals surface area (Å²) in [4.78, 5) is 37.6.